The van der Waals surface area contributed by atoms with Crippen LogP contribution in [0.2, 0.25) is 0 Å². The second-order valence-electron chi connectivity index (χ2n) is 5.70. The lowest BCUT2D eigenvalue weighted by Crippen LogP contribution is -2.26. The Bertz CT molecular complexity index is 900. The Morgan fingerprint density at radius 3 is 2.89 bits per heavy atom. The molecule has 3 aromatic rings. The van der Waals surface area contributed by atoms with E-state index in [2.05, 4.69) is 15.3 Å². The third-order valence-corrected chi connectivity index (χ3v) is 5.70. The van der Waals surface area contributed by atoms with Crippen LogP contribution in [0.5, 0.6) is 0 Å². The predicted octanol–water partition coefficient (Wildman–Crippen LogP) is 4.13. The molecular weight excluding hydrogens is 385 g/mol. The molecule has 2 aromatic heterocycles. The highest BCUT2D eigenvalue weighted by molar-refractivity contribution is 8.00. The zero-order chi connectivity index (χ0) is 19.1. The number of rotatable bonds is 9. The van der Waals surface area contributed by atoms with Crippen LogP contribution in [0.1, 0.15) is 13.3 Å². The van der Waals surface area contributed by atoms with E-state index in [4.69, 9.17) is 4.74 Å². The first-order valence-electron chi connectivity index (χ1n) is 8.64. The van der Waals surface area contributed by atoms with Gasteiger partial charge in [-0.15, -0.1) is 11.3 Å². The molecule has 0 bridgehead atoms. The molecule has 0 aliphatic carbocycles. The second kappa shape index (κ2) is 9.77. The smallest absolute Gasteiger partial charge is 0.230 e. The van der Waals surface area contributed by atoms with Crippen LogP contribution in [0.15, 0.2) is 41.0 Å². The Kier molecular flexibility index (Phi) is 7.14. The molecule has 2 heterocycles. The van der Waals surface area contributed by atoms with E-state index in [0.29, 0.717) is 19.8 Å². The lowest BCUT2D eigenvalue weighted by molar-refractivity contribution is -0.118. The van der Waals surface area contributed by atoms with E-state index < -0.39 is 0 Å². The molecule has 0 aliphatic heterocycles. The minimum atomic E-state index is -0.273. The van der Waals surface area contributed by atoms with Crippen molar-refractivity contribution in [1.82, 2.24) is 15.3 Å². The van der Waals surface area contributed by atoms with Gasteiger partial charge in [-0.3, -0.25) is 4.79 Å². The van der Waals surface area contributed by atoms with E-state index in [1.807, 2.05) is 12.3 Å². The Labute approximate surface area is 165 Å². The van der Waals surface area contributed by atoms with E-state index in [-0.39, 0.29) is 17.5 Å². The first-order chi connectivity index (χ1) is 13.2. The molecule has 0 atom stereocenters. The number of hydrogen-bond acceptors (Lipinski definition) is 6. The number of benzene rings is 1. The fourth-order valence-corrected chi connectivity index (χ4v) is 4.35. The lowest BCUT2D eigenvalue weighted by atomic mass is 10.1. The van der Waals surface area contributed by atoms with Gasteiger partial charge < -0.3 is 10.1 Å². The van der Waals surface area contributed by atoms with Crippen molar-refractivity contribution < 1.29 is 13.9 Å². The van der Waals surface area contributed by atoms with Crippen molar-refractivity contribution in [1.29, 1.82) is 0 Å². The molecule has 5 nitrogen and oxygen atoms in total. The molecule has 0 fully saturated rings. The van der Waals surface area contributed by atoms with Crippen LogP contribution < -0.4 is 5.32 Å². The van der Waals surface area contributed by atoms with Crippen molar-refractivity contribution in [3.05, 3.63) is 41.8 Å². The summed E-state index contributed by atoms with van der Waals surface area (Å²) in [5, 5.41) is 6.53. The van der Waals surface area contributed by atoms with Gasteiger partial charge in [-0.1, -0.05) is 23.9 Å². The van der Waals surface area contributed by atoms with Gasteiger partial charge in [-0.05, 0) is 31.0 Å². The van der Waals surface area contributed by atoms with Crippen LogP contribution in [0.4, 0.5) is 4.39 Å². The number of halogens is 1. The van der Waals surface area contributed by atoms with Gasteiger partial charge in [0.05, 0.1) is 11.1 Å². The van der Waals surface area contributed by atoms with Gasteiger partial charge in [0.1, 0.15) is 22.0 Å². The average molecular weight is 406 g/mol. The summed E-state index contributed by atoms with van der Waals surface area (Å²) >= 11 is 2.89. The standard InChI is InChI=1S/C19H20FN3O2S2/c1-2-25-9-3-8-21-16(24)11-27-19-17-15(10-26-18(17)22-12-23-19)13-4-6-14(20)7-5-13/h4-7,10,12H,2-3,8-9,11H2,1H3,(H,21,24). The molecule has 0 saturated carbocycles. The summed E-state index contributed by atoms with van der Waals surface area (Å²) in [5.74, 6) is -0.0358. The van der Waals surface area contributed by atoms with E-state index >= 15 is 0 Å². The van der Waals surface area contributed by atoms with Gasteiger partial charge in [0.15, 0.2) is 0 Å². The van der Waals surface area contributed by atoms with Crippen molar-refractivity contribution in [3.8, 4) is 11.1 Å². The molecule has 0 unspecified atom stereocenters. The summed E-state index contributed by atoms with van der Waals surface area (Å²) in [7, 11) is 0. The molecule has 1 N–H and O–H groups in total. The van der Waals surface area contributed by atoms with Gasteiger partial charge in [0, 0.05) is 30.7 Å². The highest BCUT2D eigenvalue weighted by Crippen LogP contribution is 2.37. The molecule has 142 valence electrons. The van der Waals surface area contributed by atoms with Crippen LogP contribution in [0, 0.1) is 5.82 Å². The Hall–Kier alpha value is -2.03. The molecule has 8 heteroatoms. The van der Waals surface area contributed by atoms with Gasteiger partial charge in [0.25, 0.3) is 0 Å². The molecule has 0 radical (unpaired) electrons. The summed E-state index contributed by atoms with van der Waals surface area (Å²) in [6.45, 7) is 3.87. The normalized spacial score (nSPS) is 11.0. The Morgan fingerprint density at radius 2 is 2.11 bits per heavy atom. The molecule has 0 aliphatic rings. The Balaban J connectivity index is 1.69. The molecule has 3 rings (SSSR count). The summed E-state index contributed by atoms with van der Waals surface area (Å²) in [4.78, 5) is 21.6. The average Bonchev–Trinajstić information content (AvgIpc) is 3.11. The lowest BCUT2D eigenvalue weighted by Gasteiger charge is -2.07. The monoisotopic (exact) mass is 405 g/mol. The highest BCUT2D eigenvalue weighted by Gasteiger charge is 2.14. The van der Waals surface area contributed by atoms with Gasteiger partial charge in [-0.2, -0.15) is 0 Å². The third-order valence-electron chi connectivity index (χ3n) is 3.82. The van der Waals surface area contributed by atoms with Crippen molar-refractivity contribution in [3.63, 3.8) is 0 Å². The predicted molar refractivity (Wildman–Crippen MR) is 108 cm³/mol. The molecule has 1 aromatic carbocycles. The van der Waals surface area contributed by atoms with Crippen molar-refractivity contribution >= 4 is 39.2 Å². The number of carbonyl (C=O) groups is 1. The quantitative estimate of drug-likeness (QED) is 0.329. The van der Waals surface area contributed by atoms with Crippen LogP contribution in [0.3, 0.4) is 0 Å². The molecular formula is C19H20FN3O2S2. The SMILES string of the molecule is CCOCCCNC(=O)CSc1ncnc2scc(-c3ccc(F)cc3)c12. The number of carbonyl (C=O) groups excluding carboxylic acids is 1. The highest BCUT2D eigenvalue weighted by atomic mass is 32.2. The molecule has 0 spiro atoms. The van der Waals surface area contributed by atoms with Crippen LogP contribution in [-0.4, -0.2) is 41.4 Å². The van der Waals surface area contributed by atoms with E-state index in [0.717, 1.165) is 32.8 Å². The summed E-state index contributed by atoms with van der Waals surface area (Å²) < 4.78 is 18.5. The van der Waals surface area contributed by atoms with Crippen molar-refractivity contribution in [2.45, 2.75) is 18.4 Å². The van der Waals surface area contributed by atoms with E-state index in [1.165, 1.54) is 41.6 Å². The minimum absolute atomic E-state index is 0.0400. The van der Waals surface area contributed by atoms with Gasteiger partial charge in [0.2, 0.25) is 5.91 Å². The number of aromatic nitrogens is 2. The number of thiophene rings is 1. The maximum absolute atomic E-state index is 13.2. The number of nitrogens with zero attached hydrogens (tertiary/aromatic N) is 2. The zero-order valence-electron chi connectivity index (χ0n) is 14.9. The van der Waals surface area contributed by atoms with Crippen LogP contribution in [-0.2, 0) is 9.53 Å². The van der Waals surface area contributed by atoms with Crippen LogP contribution >= 0.6 is 23.1 Å². The molecule has 27 heavy (non-hydrogen) atoms. The number of thioether (sulfide) groups is 1. The zero-order valence-corrected chi connectivity index (χ0v) is 16.5. The third kappa shape index (κ3) is 5.24. The number of hydrogen-bond donors (Lipinski definition) is 1. The van der Waals surface area contributed by atoms with Crippen molar-refractivity contribution in [2.75, 3.05) is 25.5 Å². The van der Waals surface area contributed by atoms with E-state index in [1.54, 1.807) is 12.1 Å². The topological polar surface area (TPSA) is 64.1 Å². The number of ether oxygens (including phenoxy) is 1. The molecule has 1 amide bonds. The summed E-state index contributed by atoms with van der Waals surface area (Å²) in [5.41, 5.74) is 1.86. The summed E-state index contributed by atoms with van der Waals surface area (Å²) in [6, 6.07) is 6.35. The largest absolute Gasteiger partial charge is 0.382 e. The minimum Gasteiger partial charge on any atom is -0.382 e. The van der Waals surface area contributed by atoms with Gasteiger partial charge >= 0.3 is 0 Å². The number of fused-ring (bicyclic) bond motifs is 1. The fraction of sp³-hybridized carbons (Fsp3) is 0.316. The van der Waals surface area contributed by atoms with E-state index in [9.17, 15) is 9.18 Å². The number of nitrogens with one attached hydrogen (secondary N) is 1. The Morgan fingerprint density at radius 1 is 1.30 bits per heavy atom. The first kappa shape index (κ1) is 19.7. The molecule has 0 saturated heterocycles. The maximum atomic E-state index is 13.2. The van der Waals surface area contributed by atoms with Crippen molar-refractivity contribution in [2.24, 2.45) is 0 Å². The maximum Gasteiger partial charge on any atom is 0.230 e. The fourth-order valence-electron chi connectivity index (χ4n) is 2.53. The summed E-state index contributed by atoms with van der Waals surface area (Å²) in [6.07, 6.45) is 2.30. The second-order valence-corrected chi connectivity index (χ2v) is 7.53. The first-order valence-corrected chi connectivity index (χ1v) is 10.5. The van der Waals surface area contributed by atoms with Crippen LogP contribution in [0.25, 0.3) is 21.3 Å². The van der Waals surface area contributed by atoms with Gasteiger partial charge in [-0.25, -0.2) is 14.4 Å². The number of amides is 1.